The van der Waals surface area contributed by atoms with Crippen LogP contribution in [0.1, 0.15) is 148 Å². The maximum Gasteiger partial charge on any atom is 0.311 e. The summed E-state index contributed by atoms with van der Waals surface area (Å²) in [7, 11) is -6.48. The summed E-state index contributed by atoms with van der Waals surface area (Å²) in [6.07, 6.45) is 12.5. The monoisotopic (exact) mass is 836 g/mol. The summed E-state index contributed by atoms with van der Waals surface area (Å²) in [5.74, 6) is 0.562. The van der Waals surface area contributed by atoms with Gasteiger partial charge in [0.05, 0.1) is 24.0 Å². The standard InChI is InChI=1S/C46H89NO6Si3/c1-21-23-28-47-40(48)32-37(53-56(19,20)45(10,11)12)30-35(51-54(15,16)43(4,5)6)26-27-38-33(3)24-25-34-29-36(52-55(17,18)44(7,8)9)31-39(41(34)38)50-42(49)46(13,14)22-2/h24-25,29,33,35-39,41H,21-23,26-28,30-32H2,1-20H3,(H,47,48)/t33-,35+,36-,37+,38-,39-,41-/m0/s1. The molecule has 0 fully saturated rings. The smallest absolute Gasteiger partial charge is 0.311 e. The molecule has 0 aliphatic heterocycles. The van der Waals surface area contributed by atoms with E-state index in [-0.39, 0.29) is 63.2 Å². The molecule has 56 heavy (non-hydrogen) atoms. The second-order valence-corrected chi connectivity index (χ2v) is 36.9. The van der Waals surface area contributed by atoms with Crippen molar-refractivity contribution in [2.75, 3.05) is 6.54 Å². The number of esters is 1. The Morgan fingerprint density at radius 2 is 1.36 bits per heavy atom. The van der Waals surface area contributed by atoms with Gasteiger partial charge in [0.1, 0.15) is 6.10 Å². The van der Waals surface area contributed by atoms with E-state index in [4.69, 9.17) is 18.0 Å². The van der Waals surface area contributed by atoms with Gasteiger partial charge in [-0.1, -0.05) is 108 Å². The lowest BCUT2D eigenvalue weighted by molar-refractivity contribution is -0.165. The molecule has 0 unspecified atom stereocenters. The fourth-order valence-corrected chi connectivity index (χ4v) is 11.0. The lowest BCUT2D eigenvalue weighted by atomic mass is 9.66. The van der Waals surface area contributed by atoms with Crippen LogP contribution >= 0.6 is 0 Å². The molecule has 1 N–H and O–H groups in total. The van der Waals surface area contributed by atoms with Crippen LogP contribution in [0, 0.1) is 23.2 Å². The molecule has 2 aliphatic rings. The van der Waals surface area contributed by atoms with Crippen molar-refractivity contribution in [3.05, 3.63) is 23.8 Å². The van der Waals surface area contributed by atoms with E-state index in [1.54, 1.807) is 0 Å². The molecule has 0 spiro atoms. The van der Waals surface area contributed by atoms with E-state index in [0.29, 0.717) is 31.7 Å². The van der Waals surface area contributed by atoms with E-state index in [2.05, 4.69) is 146 Å². The Hall–Kier alpha value is -1.05. The van der Waals surface area contributed by atoms with Crippen molar-refractivity contribution in [1.29, 1.82) is 0 Å². The average Bonchev–Trinajstić information content (AvgIpc) is 3.02. The fraction of sp³-hybridized carbons (Fsp3) is 0.870. The average molecular weight is 836 g/mol. The Bertz CT molecular complexity index is 1350. The van der Waals surface area contributed by atoms with Gasteiger partial charge in [-0.3, -0.25) is 9.59 Å². The van der Waals surface area contributed by atoms with Crippen LogP contribution in [0.15, 0.2) is 23.8 Å². The Balaban J connectivity index is 2.59. The Kier molecular flexibility index (Phi) is 17.8. The molecule has 0 aromatic heterocycles. The van der Waals surface area contributed by atoms with Gasteiger partial charge in [-0.05, 0) is 118 Å². The van der Waals surface area contributed by atoms with Gasteiger partial charge in [0, 0.05) is 25.0 Å². The number of unbranched alkanes of at least 4 members (excludes halogenated alkanes) is 1. The van der Waals surface area contributed by atoms with Gasteiger partial charge >= 0.3 is 5.97 Å². The number of fused-ring (bicyclic) bond motifs is 1. The topological polar surface area (TPSA) is 83.1 Å². The third-order valence-corrected chi connectivity index (χ3v) is 28.0. The van der Waals surface area contributed by atoms with Gasteiger partial charge < -0.3 is 23.3 Å². The highest BCUT2D eigenvalue weighted by Crippen LogP contribution is 2.48. The molecule has 0 aromatic carbocycles. The number of hydrogen-bond acceptors (Lipinski definition) is 6. The number of amides is 1. The highest BCUT2D eigenvalue weighted by atomic mass is 28.4. The van der Waals surface area contributed by atoms with Gasteiger partial charge in [-0.15, -0.1) is 0 Å². The van der Waals surface area contributed by atoms with E-state index >= 15 is 0 Å². The number of carbonyl (C=O) groups is 2. The number of carbonyl (C=O) groups excluding carboxylic acids is 2. The van der Waals surface area contributed by atoms with Crippen LogP contribution in [0.25, 0.3) is 0 Å². The van der Waals surface area contributed by atoms with Crippen molar-refractivity contribution in [3.8, 4) is 0 Å². The maximum atomic E-state index is 13.8. The Morgan fingerprint density at radius 3 is 1.86 bits per heavy atom. The predicted octanol–water partition coefficient (Wildman–Crippen LogP) is 12.8. The summed E-state index contributed by atoms with van der Waals surface area (Å²) in [4.78, 5) is 27.2. The predicted molar refractivity (Wildman–Crippen MR) is 245 cm³/mol. The summed E-state index contributed by atoms with van der Waals surface area (Å²) in [5, 5.41) is 3.28. The molecule has 7 nitrogen and oxygen atoms in total. The zero-order valence-corrected chi connectivity index (χ0v) is 43.1. The van der Waals surface area contributed by atoms with Crippen molar-refractivity contribution < 1.29 is 27.6 Å². The van der Waals surface area contributed by atoms with E-state index in [1.165, 1.54) is 5.57 Å². The zero-order chi connectivity index (χ0) is 43.3. The molecule has 2 rings (SSSR count). The first-order chi connectivity index (χ1) is 25.3. The first kappa shape index (κ1) is 51.1. The summed E-state index contributed by atoms with van der Waals surface area (Å²) in [5.41, 5.74) is 0.673. The highest BCUT2D eigenvalue weighted by molar-refractivity contribution is 6.75. The molecule has 326 valence electrons. The van der Waals surface area contributed by atoms with Crippen LogP contribution in [0.2, 0.25) is 54.4 Å². The lowest BCUT2D eigenvalue weighted by Crippen LogP contribution is -2.49. The second kappa shape index (κ2) is 19.6. The molecule has 0 bridgehead atoms. The number of rotatable bonds is 19. The van der Waals surface area contributed by atoms with E-state index in [9.17, 15) is 9.59 Å². The molecule has 7 atom stereocenters. The van der Waals surface area contributed by atoms with Crippen molar-refractivity contribution in [3.63, 3.8) is 0 Å². The first-order valence-electron chi connectivity index (χ1n) is 22.2. The van der Waals surface area contributed by atoms with Crippen LogP contribution in [0.5, 0.6) is 0 Å². The van der Waals surface area contributed by atoms with Gasteiger partial charge in [-0.25, -0.2) is 0 Å². The second-order valence-electron chi connectivity index (χ2n) is 22.6. The molecule has 10 heteroatoms. The van der Waals surface area contributed by atoms with Gasteiger partial charge in [-0.2, -0.15) is 0 Å². The molecule has 0 heterocycles. The summed E-state index contributed by atoms with van der Waals surface area (Å²) < 4.78 is 28.1. The molecule has 0 saturated heterocycles. The fourth-order valence-electron chi connectivity index (χ4n) is 6.99. The normalized spacial score (nSPS) is 23.9. The minimum Gasteiger partial charge on any atom is -0.461 e. The quantitative estimate of drug-likeness (QED) is 0.0793. The van der Waals surface area contributed by atoms with E-state index in [1.807, 2.05) is 13.8 Å². The summed E-state index contributed by atoms with van der Waals surface area (Å²) in [6.45, 7) is 45.6. The summed E-state index contributed by atoms with van der Waals surface area (Å²) >= 11 is 0. The minimum atomic E-state index is -2.20. The van der Waals surface area contributed by atoms with E-state index in [0.717, 1.165) is 32.1 Å². The number of nitrogens with one attached hydrogen (secondary N) is 1. The number of hydrogen-bond donors (Lipinski definition) is 1. The lowest BCUT2D eigenvalue weighted by Gasteiger charge is -2.47. The molecular weight excluding hydrogens is 747 g/mol. The van der Waals surface area contributed by atoms with Gasteiger partial charge in [0.15, 0.2) is 25.0 Å². The van der Waals surface area contributed by atoms with Crippen LogP contribution in [0.3, 0.4) is 0 Å². The highest BCUT2D eigenvalue weighted by Gasteiger charge is 2.48. The molecule has 1 amide bonds. The molecular formula is C46H89NO6Si3. The van der Waals surface area contributed by atoms with Gasteiger partial charge in [0.2, 0.25) is 5.91 Å². The SMILES string of the molecule is CCCCNC(=O)C[C@@H](C[C@@H](CC[C@@H]1[C@@H]2C(=C[C@H](O[Si](C)(C)C(C)(C)C)C[C@@H]2OC(=O)C(C)(C)CC)C=C[C@@H]1C)O[Si](C)(C)C(C)(C)C)O[Si](C)(C)C(C)(C)C. The van der Waals surface area contributed by atoms with E-state index < -0.39 is 30.4 Å². The largest absolute Gasteiger partial charge is 0.461 e. The van der Waals surface area contributed by atoms with Crippen LogP contribution < -0.4 is 5.32 Å². The van der Waals surface area contributed by atoms with Crippen LogP contribution in [-0.2, 0) is 27.6 Å². The van der Waals surface area contributed by atoms with Crippen molar-refractivity contribution in [1.82, 2.24) is 5.32 Å². The van der Waals surface area contributed by atoms with Crippen molar-refractivity contribution >= 4 is 36.8 Å². The molecule has 2 aliphatic carbocycles. The number of ether oxygens (including phenoxy) is 1. The molecule has 0 aromatic rings. The van der Waals surface area contributed by atoms with Gasteiger partial charge in [0.25, 0.3) is 0 Å². The van der Waals surface area contributed by atoms with Crippen molar-refractivity contribution in [2.24, 2.45) is 23.2 Å². The zero-order valence-electron chi connectivity index (χ0n) is 40.1. The Labute approximate surface area is 349 Å². The third-order valence-electron chi connectivity index (χ3n) is 14.5. The summed E-state index contributed by atoms with van der Waals surface area (Å²) in [6, 6.07) is 0. The van der Waals surface area contributed by atoms with Crippen molar-refractivity contribution in [2.45, 2.75) is 227 Å². The number of allylic oxidation sites excluding steroid dienone is 2. The molecule has 0 radical (unpaired) electrons. The third kappa shape index (κ3) is 14.0. The van der Waals surface area contributed by atoms with Crippen LogP contribution in [-0.4, -0.2) is 67.8 Å². The first-order valence-corrected chi connectivity index (χ1v) is 30.9. The minimum absolute atomic E-state index is 0.0122. The Morgan fingerprint density at radius 1 is 0.821 bits per heavy atom. The van der Waals surface area contributed by atoms with Crippen LogP contribution in [0.4, 0.5) is 0 Å². The maximum absolute atomic E-state index is 13.8. The molecule has 0 saturated carbocycles.